The number of amidine groups is 1. The Morgan fingerprint density at radius 2 is 1.33 bits per heavy atom. The zero-order valence-corrected chi connectivity index (χ0v) is 7.83. The topological polar surface area (TPSA) is 49.9 Å². The van der Waals surface area contributed by atoms with Gasteiger partial charge in [-0.3, -0.25) is 5.41 Å². The van der Waals surface area contributed by atoms with Crippen LogP contribution >= 0.6 is 37.2 Å². The third kappa shape index (κ3) is 17.8. The molecule has 0 radical (unpaired) electrons. The van der Waals surface area contributed by atoms with Crippen LogP contribution in [0.3, 0.4) is 0 Å². The number of halogens is 3. The average Bonchev–Trinajstić information content (AvgIpc) is 1.36. The Morgan fingerprint density at radius 1 is 1.22 bits per heavy atom. The third-order valence-corrected chi connectivity index (χ3v) is 0.622. The van der Waals surface area contributed by atoms with Gasteiger partial charge >= 0.3 is 0 Å². The molecule has 0 saturated carbocycles. The third-order valence-electron chi connectivity index (χ3n) is 0.622. The molecule has 0 aromatic heterocycles. The van der Waals surface area contributed by atoms with Crippen LogP contribution in [0.25, 0.3) is 0 Å². The second kappa shape index (κ2) is 11.2. The van der Waals surface area contributed by atoms with Gasteiger partial charge in [-0.15, -0.1) is 37.2 Å². The molecule has 5 heteroatoms. The van der Waals surface area contributed by atoms with Crippen molar-refractivity contribution in [1.82, 2.24) is 0 Å². The summed E-state index contributed by atoms with van der Waals surface area (Å²) in [6.07, 6.45) is 0. The van der Waals surface area contributed by atoms with E-state index in [1.54, 1.807) is 0 Å². The van der Waals surface area contributed by atoms with Gasteiger partial charge in [-0.1, -0.05) is 13.8 Å². The Morgan fingerprint density at radius 3 is 1.33 bits per heavy atom. The fraction of sp³-hybridized carbons (Fsp3) is 0.750. The van der Waals surface area contributed by atoms with E-state index in [1.807, 2.05) is 13.8 Å². The maximum atomic E-state index is 6.73. The van der Waals surface area contributed by atoms with Gasteiger partial charge in [-0.25, -0.2) is 0 Å². The molecule has 0 aromatic carbocycles. The first kappa shape index (κ1) is 22.8. The van der Waals surface area contributed by atoms with E-state index in [-0.39, 0.29) is 49.0 Å². The van der Waals surface area contributed by atoms with Gasteiger partial charge in [-0.2, -0.15) is 0 Å². The number of rotatable bonds is 1. The highest BCUT2D eigenvalue weighted by Gasteiger charge is 1.91. The minimum absolute atomic E-state index is 0. The molecule has 0 fully saturated rings. The highest BCUT2D eigenvalue weighted by Crippen LogP contribution is 1.85. The van der Waals surface area contributed by atoms with Crippen LogP contribution in [0.1, 0.15) is 13.8 Å². The Bertz CT molecular complexity index is 64.8. The molecule has 0 aliphatic rings. The van der Waals surface area contributed by atoms with Gasteiger partial charge in [0.15, 0.2) is 0 Å². The molecule has 0 aromatic rings. The van der Waals surface area contributed by atoms with Crippen molar-refractivity contribution in [2.24, 2.45) is 11.7 Å². The predicted octanol–water partition coefficient (Wildman–Crippen LogP) is 1.84. The Labute approximate surface area is 74.3 Å². The normalized spacial score (nSPS) is 6.11. The van der Waals surface area contributed by atoms with Crippen LogP contribution in [0.15, 0.2) is 0 Å². The molecule has 2 nitrogen and oxygen atoms in total. The molecular weight excluding hydrogens is 182 g/mol. The Hall–Kier alpha value is 0.340. The standard InChI is InChI=1S/C4H10N2.3ClH/c1-3(2)4(5)6;;;/h3H,1-2H3,(H3,5,6);3*1H. The molecule has 3 N–H and O–H groups in total. The average molecular weight is 196 g/mol. The van der Waals surface area contributed by atoms with Gasteiger partial charge in [0.1, 0.15) is 0 Å². The number of nitrogens with one attached hydrogen (secondary N) is 1. The summed E-state index contributed by atoms with van der Waals surface area (Å²) in [7, 11) is 0. The molecule has 0 rings (SSSR count). The molecule has 0 bridgehead atoms. The maximum Gasteiger partial charge on any atom is 0.0931 e. The summed E-state index contributed by atoms with van der Waals surface area (Å²) in [6.45, 7) is 3.78. The molecule has 0 unspecified atom stereocenters. The van der Waals surface area contributed by atoms with Crippen molar-refractivity contribution in [3.05, 3.63) is 0 Å². The smallest absolute Gasteiger partial charge is 0.0931 e. The van der Waals surface area contributed by atoms with Crippen LogP contribution in [-0.4, -0.2) is 5.84 Å². The van der Waals surface area contributed by atoms with Gasteiger partial charge in [0, 0.05) is 5.92 Å². The van der Waals surface area contributed by atoms with Gasteiger partial charge in [0.05, 0.1) is 5.84 Å². The molecular formula is C4H13Cl3N2. The van der Waals surface area contributed by atoms with Gasteiger partial charge < -0.3 is 5.73 Å². The minimum Gasteiger partial charge on any atom is -0.387 e. The number of nitrogens with two attached hydrogens (primary N) is 1. The highest BCUT2D eigenvalue weighted by atomic mass is 35.5. The lowest BCUT2D eigenvalue weighted by molar-refractivity contribution is 0.865. The van der Waals surface area contributed by atoms with Crippen LogP contribution in [0.4, 0.5) is 0 Å². The fourth-order valence-corrected chi connectivity index (χ4v) is 0. The highest BCUT2D eigenvalue weighted by molar-refractivity contribution is 5.86. The Balaban J connectivity index is -0.0000000417. The first-order valence-electron chi connectivity index (χ1n) is 1.98. The van der Waals surface area contributed by atoms with E-state index >= 15 is 0 Å². The second-order valence-corrected chi connectivity index (χ2v) is 1.61. The zero-order valence-electron chi connectivity index (χ0n) is 5.38. The lowest BCUT2D eigenvalue weighted by atomic mass is 10.2. The maximum absolute atomic E-state index is 6.73. The molecule has 9 heavy (non-hydrogen) atoms. The van der Waals surface area contributed by atoms with Crippen molar-refractivity contribution < 1.29 is 0 Å². The molecule has 0 spiro atoms. The molecule has 60 valence electrons. The molecule has 0 saturated heterocycles. The first-order valence-corrected chi connectivity index (χ1v) is 1.98. The van der Waals surface area contributed by atoms with Crippen molar-refractivity contribution in [3.8, 4) is 0 Å². The van der Waals surface area contributed by atoms with E-state index in [4.69, 9.17) is 11.1 Å². The summed E-state index contributed by atoms with van der Waals surface area (Å²) in [5, 5.41) is 6.73. The van der Waals surface area contributed by atoms with Gasteiger partial charge in [-0.05, 0) is 0 Å². The van der Waals surface area contributed by atoms with E-state index in [2.05, 4.69) is 0 Å². The number of hydrogen-bond donors (Lipinski definition) is 2. The second-order valence-electron chi connectivity index (χ2n) is 1.61. The van der Waals surface area contributed by atoms with Gasteiger partial charge in [0.25, 0.3) is 0 Å². The number of hydrogen-bond acceptors (Lipinski definition) is 1. The van der Waals surface area contributed by atoms with Crippen molar-refractivity contribution in [2.45, 2.75) is 13.8 Å². The van der Waals surface area contributed by atoms with Crippen LogP contribution in [-0.2, 0) is 0 Å². The lowest BCUT2D eigenvalue weighted by Gasteiger charge is -1.95. The van der Waals surface area contributed by atoms with Crippen LogP contribution in [0, 0.1) is 11.3 Å². The van der Waals surface area contributed by atoms with Crippen molar-refractivity contribution in [3.63, 3.8) is 0 Å². The summed E-state index contributed by atoms with van der Waals surface area (Å²) in [5.74, 6) is 0.472. The quantitative estimate of drug-likeness (QED) is 0.487. The molecule has 0 heterocycles. The van der Waals surface area contributed by atoms with E-state index < -0.39 is 0 Å². The van der Waals surface area contributed by atoms with Crippen molar-refractivity contribution >= 4 is 43.1 Å². The summed E-state index contributed by atoms with van der Waals surface area (Å²) >= 11 is 0. The van der Waals surface area contributed by atoms with Crippen molar-refractivity contribution in [2.75, 3.05) is 0 Å². The molecule has 0 amide bonds. The molecule has 0 atom stereocenters. The van der Waals surface area contributed by atoms with E-state index in [9.17, 15) is 0 Å². The molecule has 0 aliphatic carbocycles. The molecule has 0 aliphatic heterocycles. The van der Waals surface area contributed by atoms with Crippen molar-refractivity contribution in [1.29, 1.82) is 5.41 Å². The van der Waals surface area contributed by atoms with Crippen LogP contribution < -0.4 is 5.73 Å². The minimum atomic E-state index is 0. The summed E-state index contributed by atoms with van der Waals surface area (Å²) < 4.78 is 0. The summed E-state index contributed by atoms with van der Waals surface area (Å²) in [5.41, 5.74) is 5.02. The SMILES string of the molecule is CC(C)C(=N)N.Cl.Cl.Cl. The largest absolute Gasteiger partial charge is 0.387 e. The summed E-state index contributed by atoms with van der Waals surface area (Å²) in [4.78, 5) is 0. The van der Waals surface area contributed by atoms with E-state index in [0.29, 0.717) is 0 Å². The van der Waals surface area contributed by atoms with Crippen LogP contribution in [0.2, 0.25) is 0 Å². The van der Waals surface area contributed by atoms with Crippen LogP contribution in [0.5, 0.6) is 0 Å². The van der Waals surface area contributed by atoms with E-state index in [0.717, 1.165) is 0 Å². The van der Waals surface area contributed by atoms with E-state index in [1.165, 1.54) is 0 Å². The summed E-state index contributed by atoms with van der Waals surface area (Å²) in [6, 6.07) is 0. The zero-order chi connectivity index (χ0) is 5.15. The lowest BCUT2D eigenvalue weighted by Crippen LogP contribution is -2.16. The fourth-order valence-electron chi connectivity index (χ4n) is 0. The Kier molecular flexibility index (Phi) is 28.3. The van der Waals surface area contributed by atoms with Gasteiger partial charge in [0.2, 0.25) is 0 Å². The predicted molar refractivity (Wildman–Crippen MR) is 48.5 cm³/mol. The first-order chi connectivity index (χ1) is 2.64. The monoisotopic (exact) mass is 194 g/mol.